The van der Waals surface area contributed by atoms with Gasteiger partial charge in [-0.05, 0) is 12.8 Å². The van der Waals surface area contributed by atoms with Crippen molar-refractivity contribution >= 4 is 15.9 Å². The quantitative estimate of drug-likeness (QED) is 0.830. The summed E-state index contributed by atoms with van der Waals surface area (Å²) in [6, 6.07) is 0.106. The molecule has 3 rings (SSSR count). The van der Waals surface area contributed by atoms with Crippen molar-refractivity contribution in [2.24, 2.45) is 0 Å². The average molecular weight is 312 g/mol. The van der Waals surface area contributed by atoms with Crippen LogP contribution in [0.5, 0.6) is 0 Å². The van der Waals surface area contributed by atoms with Crippen molar-refractivity contribution in [1.29, 1.82) is 0 Å². The van der Waals surface area contributed by atoms with Gasteiger partial charge in [0.1, 0.15) is 5.82 Å². The average Bonchev–Trinajstić information content (AvgIpc) is 3.01. The normalized spacial score (nSPS) is 24.7. The lowest BCUT2D eigenvalue weighted by Gasteiger charge is -2.25. The molecule has 1 aromatic rings. The van der Waals surface area contributed by atoms with E-state index in [-0.39, 0.29) is 30.7 Å². The van der Waals surface area contributed by atoms with Crippen LogP contribution in [0.2, 0.25) is 0 Å². The topological polar surface area (TPSA) is 84.3 Å². The third-order valence-electron chi connectivity index (χ3n) is 4.09. The van der Waals surface area contributed by atoms with Crippen molar-refractivity contribution in [3.05, 3.63) is 18.2 Å². The maximum atomic E-state index is 12.0. The Bertz CT molecular complexity index is 625. The number of sulfonamides is 1. The van der Waals surface area contributed by atoms with E-state index in [2.05, 4.69) is 14.9 Å². The highest BCUT2D eigenvalue weighted by atomic mass is 32.2. The lowest BCUT2D eigenvalue weighted by Crippen LogP contribution is -2.42. The second-order valence-electron chi connectivity index (χ2n) is 5.62. The van der Waals surface area contributed by atoms with Crippen molar-refractivity contribution in [1.82, 2.24) is 19.2 Å². The number of nitrogens with zero attached hydrogens (tertiary/aromatic N) is 3. The minimum absolute atomic E-state index is 0.0781. The number of imidazole rings is 1. The molecule has 0 aromatic carbocycles. The van der Waals surface area contributed by atoms with Crippen molar-refractivity contribution in [2.45, 2.75) is 38.3 Å². The highest BCUT2D eigenvalue weighted by molar-refractivity contribution is 7.89. The maximum absolute atomic E-state index is 12.0. The zero-order valence-corrected chi connectivity index (χ0v) is 12.7. The van der Waals surface area contributed by atoms with Crippen molar-refractivity contribution < 1.29 is 13.2 Å². The van der Waals surface area contributed by atoms with Gasteiger partial charge in [-0.15, -0.1) is 0 Å². The largest absolute Gasteiger partial charge is 0.352 e. The van der Waals surface area contributed by atoms with Gasteiger partial charge in [-0.3, -0.25) is 4.79 Å². The first-order chi connectivity index (χ1) is 10.0. The maximum Gasteiger partial charge on any atom is 0.221 e. The Balaban J connectivity index is 1.47. The highest BCUT2D eigenvalue weighted by Crippen LogP contribution is 2.15. The summed E-state index contributed by atoms with van der Waals surface area (Å²) in [5.41, 5.74) is 0. The number of hydrogen-bond acceptors (Lipinski definition) is 4. The van der Waals surface area contributed by atoms with Crippen LogP contribution in [0.3, 0.4) is 0 Å². The Morgan fingerprint density at radius 3 is 3.10 bits per heavy atom. The second kappa shape index (κ2) is 5.76. The Labute approximate surface area is 124 Å². The third-order valence-corrected chi connectivity index (χ3v) is 6.05. The summed E-state index contributed by atoms with van der Waals surface area (Å²) in [5.74, 6) is 1.19. The van der Waals surface area contributed by atoms with E-state index >= 15 is 0 Å². The van der Waals surface area contributed by atoms with Crippen LogP contribution < -0.4 is 5.32 Å². The van der Waals surface area contributed by atoms with Gasteiger partial charge in [-0.25, -0.2) is 17.7 Å². The molecule has 0 bridgehead atoms. The zero-order chi connectivity index (χ0) is 14.9. The minimum atomic E-state index is -3.11. The van der Waals surface area contributed by atoms with E-state index in [1.54, 1.807) is 6.20 Å². The van der Waals surface area contributed by atoms with Gasteiger partial charge in [0.05, 0.1) is 5.75 Å². The molecule has 2 aliphatic heterocycles. The van der Waals surface area contributed by atoms with Crippen LogP contribution in [0.1, 0.15) is 25.1 Å². The molecule has 7 nitrogen and oxygen atoms in total. The first-order valence-electron chi connectivity index (χ1n) is 7.32. The summed E-state index contributed by atoms with van der Waals surface area (Å²) in [6.07, 6.45) is 6.33. The Hall–Kier alpha value is -1.41. The number of amides is 1. The number of fused-ring (bicyclic) bond motifs is 1. The SMILES string of the molecule is O=C(CCN1CCCS1(=O)=O)N[C@H]1CCc2nccn2C1. The molecule has 0 unspecified atom stereocenters. The van der Waals surface area contributed by atoms with Crippen LogP contribution in [0, 0.1) is 0 Å². The first-order valence-corrected chi connectivity index (χ1v) is 8.93. The van der Waals surface area contributed by atoms with E-state index < -0.39 is 10.0 Å². The number of aryl methyl sites for hydroxylation is 1. The standard InChI is InChI=1S/C13H20N4O3S/c18-13(4-7-17-6-1-9-21(17,19)20)15-11-2-3-12-14-5-8-16(12)10-11/h5,8,11H,1-4,6-7,9-10H2,(H,15,18)/t11-/m0/s1. The zero-order valence-electron chi connectivity index (χ0n) is 11.9. The molecule has 0 spiro atoms. The fraction of sp³-hybridized carbons (Fsp3) is 0.692. The fourth-order valence-electron chi connectivity index (χ4n) is 2.95. The molecule has 1 atom stereocenters. The molecular formula is C13H20N4O3S. The van der Waals surface area contributed by atoms with Crippen molar-refractivity contribution in [2.75, 3.05) is 18.8 Å². The predicted octanol–water partition coefficient (Wildman–Crippen LogP) is -0.260. The van der Waals surface area contributed by atoms with E-state index in [1.165, 1.54) is 4.31 Å². The van der Waals surface area contributed by atoms with Gasteiger partial charge in [-0.2, -0.15) is 0 Å². The molecule has 116 valence electrons. The van der Waals surface area contributed by atoms with Crippen LogP contribution in [0.15, 0.2) is 12.4 Å². The summed E-state index contributed by atoms with van der Waals surface area (Å²) in [6.45, 7) is 1.57. The molecule has 3 heterocycles. The van der Waals surface area contributed by atoms with Crippen LogP contribution >= 0.6 is 0 Å². The number of carbonyl (C=O) groups excluding carboxylic acids is 1. The Morgan fingerprint density at radius 1 is 1.48 bits per heavy atom. The molecule has 1 fully saturated rings. The fourth-order valence-corrected chi connectivity index (χ4v) is 4.48. The van der Waals surface area contributed by atoms with Crippen molar-refractivity contribution in [3.63, 3.8) is 0 Å². The molecule has 0 saturated carbocycles. The van der Waals surface area contributed by atoms with E-state index in [9.17, 15) is 13.2 Å². The molecule has 1 saturated heterocycles. The summed E-state index contributed by atoms with van der Waals surface area (Å²) in [7, 11) is -3.11. The van der Waals surface area contributed by atoms with E-state index in [0.717, 1.165) is 25.2 Å². The molecule has 1 amide bonds. The van der Waals surface area contributed by atoms with Gasteiger partial charge in [0, 0.05) is 50.9 Å². The van der Waals surface area contributed by atoms with E-state index in [0.29, 0.717) is 13.0 Å². The van der Waals surface area contributed by atoms with Gasteiger partial charge in [0.15, 0.2) is 0 Å². The lowest BCUT2D eigenvalue weighted by molar-refractivity contribution is -0.122. The number of nitrogens with one attached hydrogen (secondary N) is 1. The van der Waals surface area contributed by atoms with Gasteiger partial charge in [-0.1, -0.05) is 0 Å². The molecule has 8 heteroatoms. The van der Waals surface area contributed by atoms with E-state index in [4.69, 9.17) is 0 Å². The lowest BCUT2D eigenvalue weighted by atomic mass is 10.1. The second-order valence-corrected chi connectivity index (χ2v) is 7.71. The molecule has 1 N–H and O–H groups in total. The Morgan fingerprint density at radius 2 is 2.33 bits per heavy atom. The monoisotopic (exact) mass is 312 g/mol. The van der Waals surface area contributed by atoms with Crippen LogP contribution in [0.4, 0.5) is 0 Å². The first kappa shape index (κ1) is 14.5. The molecular weight excluding hydrogens is 292 g/mol. The van der Waals surface area contributed by atoms with Crippen LogP contribution in [-0.2, 0) is 27.8 Å². The smallest absolute Gasteiger partial charge is 0.221 e. The summed E-state index contributed by atoms with van der Waals surface area (Å²) >= 11 is 0. The highest BCUT2D eigenvalue weighted by Gasteiger charge is 2.28. The van der Waals surface area contributed by atoms with Gasteiger partial charge in [0.25, 0.3) is 0 Å². The molecule has 1 aromatic heterocycles. The molecule has 0 radical (unpaired) electrons. The summed E-state index contributed by atoms with van der Waals surface area (Å²) in [5, 5.41) is 2.99. The minimum Gasteiger partial charge on any atom is -0.352 e. The predicted molar refractivity (Wildman–Crippen MR) is 77.1 cm³/mol. The van der Waals surface area contributed by atoms with Crippen molar-refractivity contribution in [3.8, 4) is 0 Å². The number of hydrogen-bond donors (Lipinski definition) is 1. The molecule has 2 aliphatic rings. The van der Waals surface area contributed by atoms with Crippen LogP contribution in [0.25, 0.3) is 0 Å². The van der Waals surface area contributed by atoms with Gasteiger partial charge >= 0.3 is 0 Å². The Kier molecular flexibility index (Phi) is 3.99. The third kappa shape index (κ3) is 3.26. The number of aromatic nitrogens is 2. The molecule has 21 heavy (non-hydrogen) atoms. The number of carbonyl (C=O) groups is 1. The van der Waals surface area contributed by atoms with Gasteiger partial charge in [0.2, 0.25) is 15.9 Å². The molecule has 0 aliphatic carbocycles. The number of rotatable bonds is 4. The summed E-state index contributed by atoms with van der Waals surface area (Å²) in [4.78, 5) is 16.2. The van der Waals surface area contributed by atoms with Gasteiger partial charge < -0.3 is 9.88 Å². The summed E-state index contributed by atoms with van der Waals surface area (Å²) < 4.78 is 26.8. The van der Waals surface area contributed by atoms with Crippen LogP contribution in [-0.4, -0.2) is 53.1 Å². The van der Waals surface area contributed by atoms with E-state index in [1.807, 2.05) is 6.20 Å².